The Kier molecular flexibility index (Phi) is 5.45. The van der Waals surface area contributed by atoms with Crippen LogP contribution in [0.15, 0.2) is 24.3 Å². The fraction of sp³-hybridized carbons (Fsp3) is 0.333. The summed E-state index contributed by atoms with van der Waals surface area (Å²) in [5.74, 6) is 9.80. The van der Waals surface area contributed by atoms with Gasteiger partial charge in [-0.15, -0.1) is 0 Å². The third-order valence-corrected chi connectivity index (χ3v) is 4.37. The Bertz CT molecular complexity index is 472. The van der Waals surface area contributed by atoms with Gasteiger partial charge in [0.05, 0.1) is 0 Å². The fourth-order valence-corrected chi connectivity index (χ4v) is 2.37. The van der Waals surface area contributed by atoms with Gasteiger partial charge in [-0.05, 0) is 0 Å². The van der Waals surface area contributed by atoms with E-state index in [2.05, 4.69) is 36.5 Å². The van der Waals surface area contributed by atoms with E-state index in [1.54, 1.807) is 0 Å². The minimum atomic E-state index is -1.97. The van der Waals surface area contributed by atoms with E-state index in [1.165, 1.54) is 0 Å². The van der Waals surface area contributed by atoms with E-state index < -0.39 is 18.4 Å². The van der Waals surface area contributed by atoms with Crippen molar-refractivity contribution in [2.45, 2.75) is 21.7 Å². The molecule has 88 valence electrons. The van der Waals surface area contributed by atoms with Crippen molar-refractivity contribution < 1.29 is 4.74 Å². The SMILES string of the molecule is CCOc1ccc(C#CC#[C][Sn]([CH3])([CH3])[CH3])cc1. The third-order valence-electron chi connectivity index (χ3n) is 1.87. The first-order chi connectivity index (χ1) is 8.01. The van der Waals surface area contributed by atoms with E-state index in [9.17, 15) is 0 Å². The molecule has 0 N–H and O–H groups in total. The van der Waals surface area contributed by atoms with E-state index >= 15 is 0 Å². The van der Waals surface area contributed by atoms with Crippen molar-refractivity contribution in [1.82, 2.24) is 0 Å². The summed E-state index contributed by atoms with van der Waals surface area (Å²) in [7, 11) is 0. The van der Waals surface area contributed by atoms with Crippen LogP contribution in [-0.2, 0) is 0 Å². The summed E-state index contributed by atoms with van der Waals surface area (Å²) in [6.07, 6.45) is 0. The Morgan fingerprint density at radius 3 is 2.24 bits per heavy atom. The monoisotopic (exact) mass is 334 g/mol. The average Bonchev–Trinajstić information content (AvgIpc) is 2.26. The molecule has 1 aromatic rings. The molecule has 0 atom stereocenters. The number of benzene rings is 1. The van der Waals surface area contributed by atoms with Crippen molar-refractivity contribution in [3.05, 3.63) is 29.8 Å². The number of hydrogen-bond donors (Lipinski definition) is 0. The minimum absolute atomic E-state index is 0.690. The molecule has 2 heteroatoms. The Balaban J connectivity index is 2.69. The molecule has 0 aliphatic carbocycles. The molecule has 1 rings (SSSR count). The summed E-state index contributed by atoms with van der Waals surface area (Å²) in [5.41, 5.74) is 0.979. The van der Waals surface area contributed by atoms with Crippen molar-refractivity contribution in [2.24, 2.45) is 0 Å². The topological polar surface area (TPSA) is 9.23 Å². The summed E-state index contributed by atoms with van der Waals surface area (Å²) in [5, 5.41) is 0. The van der Waals surface area contributed by atoms with Gasteiger partial charge in [0.2, 0.25) is 0 Å². The number of hydrogen-bond acceptors (Lipinski definition) is 1. The van der Waals surface area contributed by atoms with Crippen LogP contribution < -0.4 is 4.74 Å². The molecule has 0 aromatic heterocycles. The van der Waals surface area contributed by atoms with Gasteiger partial charge in [-0.3, -0.25) is 0 Å². The van der Waals surface area contributed by atoms with Crippen LogP contribution in [0.2, 0.25) is 14.8 Å². The van der Waals surface area contributed by atoms with Gasteiger partial charge in [0.1, 0.15) is 0 Å². The van der Waals surface area contributed by atoms with Gasteiger partial charge < -0.3 is 0 Å². The third kappa shape index (κ3) is 6.29. The van der Waals surface area contributed by atoms with E-state index in [0.717, 1.165) is 11.3 Å². The Morgan fingerprint density at radius 2 is 1.71 bits per heavy atom. The molecule has 0 radical (unpaired) electrons. The maximum atomic E-state index is 5.36. The Morgan fingerprint density at radius 1 is 1.06 bits per heavy atom. The first-order valence-corrected chi connectivity index (χ1v) is 15.8. The Labute approximate surface area is 108 Å². The van der Waals surface area contributed by atoms with Crippen LogP contribution in [0.1, 0.15) is 12.5 Å². The zero-order valence-corrected chi connectivity index (χ0v) is 13.8. The summed E-state index contributed by atoms with van der Waals surface area (Å²) in [4.78, 5) is 6.83. The van der Waals surface area contributed by atoms with Crippen molar-refractivity contribution in [3.63, 3.8) is 0 Å². The van der Waals surface area contributed by atoms with Gasteiger partial charge in [-0.2, -0.15) is 0 Å². The van der Waals surface area contributed by atoms with Crippen LogP contribution in [0.25, 0.3) is 0 Å². The van der Waals surface area contributed by atoms with Crippen LogP contribution in [0, 0.1) is 21.7 Å². The molecule has 0 spiro atoms. The van der Waals surface area contributed by atoms with Crippen LogP contribution in [0.5, 0.6) is 5.75 Å². The quantitative estimate of drug-likeness (QED) is 0.596. The molecule has 0 heterocycles. The predicted molar refractivity (Wildman–Crippen MR) is 75.6 cm³/mol. The molecular formula is C15H18OSn. The molecule has 0 aliphatic heterocycles. The molecular weight excluding hydrogens is 315 g/mol. The summed E-state index contributed by atoms with van der Waals surface area (Å²) in [6, 6.07) is 7.79. The van der Waals surface area contributed by atoms with Gasteiger partial charge in [0, 0.05) is 0 Å². The van der Waals surface area contributed by atoms with Crippen LogP contribution in [0.4, 0.5) is 0 Å². The van der Waals surface area contributed by atoms with E-state index in [0.29, 0.717) is 6.61 Å². The average molecular weight is 333 g/mol. The van der Waals surface area contributed by atoms with E-state index in [4.69, 9.17) is 4.74 Å². The first-order valence-electron chi connectivity index (χ1n) is 5.77. The summed E-state index contributed by atoms with van der Waals surface area (Å²) in [6.45, 7) is 2.66. The van der Waals surface area contributed by atoms with Gasteiger partial charge in [0.25, 0.3) is 0 Å². The molecule has 1 nitrogen and oxygen atoms in total. The normalized spacial score (nSPS) is 9.65. The van der Waals surface area contributed by atoms with Crippen molar-refractivity contribution >= 4 is 18.4 Å². The second kappa shape index (κ2) is 6.62. The summed E-state index contributed by atoms with van der Waals surface area (Å²) >= 11 is -1.97. The van der Waals surface area contributed by atoms with Crippen LogP contribution in [0.3, 0.4) is 0 Å². The predicted octanol–water partition coefficient (Wildman–Crippen LogP) is 3.32. The Hall–Kier alpha value is -1.06. The molecule has 0 amide bonds. The van der Waals surface area contributed by atoms with Crippen molar-refractivity contribution in [2.75, 3.05) is 6.61 Å². The second-order valence-electron chi connectivity index (χ2n) is 4.71. The van der Waals surface area contributed by atoms with Crippen LogP contribution >= 0.6 is 0 Å². The molecule has 0 unspecified atom stereocenters. The van der Waals surface area contributed by atoms with Gasteiger partial charge in [-0.25, -0.2) is 0 Å². The molecule has 1 aromatic carbocycles. The summed E-state index contributed by atoms with van der Waals surface area (Å²) < 4.78 is 8.65. The molecule has 17 heavy (non-hydrogen) atoms. The first kappa shape index (κ1) is 14.0. The van der Waals surface area contributed by atoms with Crippen molar-refractivity contribution in [3.8, 4) is 27.4 Å². The van der Waals surface area contributed by atoms with Crippen molar-refractivity contribution in [1.29, 1.82) is 0 Å². The molecule has 0 saturated heterocycles. The second-order valence-corrected chi connectivity index (χ2v) is 18.3. The number of rotatable bonds is 2. The molecule has 0 bridgehead atoms. The zero-order chi connectivity index (χ0) is 12.7. The molecule has 0 saturated carbocycles. The fourth-order valence-electron chi connectivity index (χ4n) is 1.12. The van der Waals surface area contributed by atoms with Gasteiger partial charge in [0.15, 0.2) is 0 Å². The molecule has 0 fully saturated rings. The maximum absolute atomic E-state index is 5.36. The van der Waals surface area contributed by atoms with Gasteiger partial charge >= 0.3 is 109 Å². The van der Waals surface area contributed by atoms with Gasteiger partial charge in [-0.1, -0.05) is 0 Å². The molecule has 0 aliphatic rings. The van der Waals surface area contributed by atoms with E-state index in [-0.39, 0.29) is 0 Å². The van der Waals surface area contributed by atoms with Crippen LogP contribution in [-0.4, -0.2) is 25.0 Å². The van der Waals surface area contributed by atoms with E-state index in [1.807, 2.05) is 31.2 Å². The number of ether oxygens (including phenoxy) is 1. The standard InChI is InChI=1S/C12H9O.3CH3.Sn/c1-3-5-6-11-7-9-12(10-8-11)13-4-2;;;;/h7-10H,4H2,2H3;3*1H3;. The zero-order valence-electron chi connectivity index (χ0n) is 10.9.